The van der Waals surface area contributed by atoms with E-state index in [4.69, 9.17) is 0 Å². The van der Waals surface area contributed by atoms with Gasteiger partial charge < -0.3 is 4.98 Å². The summed E-state index contributed by atoms with van der Waals surface area (Å²) in [4.78, 5) is 6.68. The molecule has 2 aromatic carbocycles. The third-order valence-corrected chi connectivity index (χ3v) is 2.97. The summed E-state index contributed by atoms with van der Waals surface area (Å²) in [6.45, 7) is 0. The number of nitrogens with one attached hydrogen (secondary N) is 1. The van der Waals surface area contributed by atoms with Crippen molar-refractivity contribution in [2.45, 2.75) is 6.42 Å². The fraction of sp³-hybridized carbons (Fsp3) is 0.0714. The highest BCUT2D eigenvalue weighted by atomic mass is 19.2. The minimum atomic E-state index is -1.05. The first-order valence-corrected chi connectivity index (χ1v) is 5.81. The fourth-order valence-corrected chi connectivity index (χ4v) is 2.00. The summed E-state index contributed by atoms with van der Waals surface area (Å²) in [6.07, 6.45) is 0.0296. The van der Waals surface area contributed by atoms with Crippen LogP contribution in [-0.2, 0) is 6.42 Å². The van der Waals surface area contributed by atoms with E-state index in [2.05, 4.69) is 9.97 Å². The summed E-state index contributed by atoms with van der Waals surface area (Å²) in [5.41, 5.74) is 0.398. The Hall–Kier alpha value is -2.37. The highest BCUT2D eigenvalue weighted by Crippen LogP contribution is 2.20. The first kappa shape index (κ1) is 12.7. The molecule has 102 valence electrons. The van der Waals surface area contributed by atoms with Gasteiger partial charge in [-0.2, -0.15) is 0 Å². The fourth-order valence-electron chi connectivity index (χ4n) is 2.00. The van der Waals surface area contributed by atoms with Crippen molar-refractivity contribution >= 4 is 11.0 Å². The van der Waals surface area contributed by atoms with Crippen LogP contribution in [0.25, 0.3) is 11.0 Å². The molecule has 0 spiro atoms. The lowest BCUT2D eigenvalue weighted by Crippen LogP contribution is -1.95. The van der Waals surface area contributed by atoms with Gasteiger partial charge in [-0.15, -0.1) is 0 Å². The van der Waals surface area contributed by atoms with E-state index in [1.54, 1.807) is 0 Å². The Kier molecular flexibility index (Phi) is 2.93. The molecule has 0 atom stereocenters. The topological polar surface area (TPSA) is 28.7 Å². The Morgan fingerprint density at radius 3 is 2.50 bits per heavy atom. The van der Waals surface area contributed by atoms with Gasteiger partial charge >= 0.3 is 0 Å². The smallest absolute Gasteiger partial charge is 0.186 e. The molecule has 0 saturated carbocycles. The summed E-state index contributed by atoms with van der Waals surface area (Å²) in [7, 11) is 0. The molecule has 0 radical (unpaired) electrons. The predicted octanol–water partition coefficient (Wildman–Crippen LogP) is 3.71. The molecule has 0 amide bonds. The van der Waals surface area contributed by atoms with Crippen molar-refractivity contribution in [2.24, 2.45) is 0 Å². The minimum absolute atomic E-state index is 0.0296. The number of nitrogens with zero attached hydrogens (tertiary/aromatic N) is 1. The molecule has 3 rings (SSSR count). The number of imidazole rings is 1. The van der Waals surface area contributed by atoms with E-state index in [-0.39, 0.29) is 23.3 Å². The maximum atomic E-state index is 13.5. The molecule has 1 heterocycles. The van der Waals surface area contributed by atoms with Crippen LogP contribution in [0, 0.1) is 23.3 Å². The molecule has 0 fully saturated rings. The molecule has 0 aliphatic rings. The van der Waals surface area contributed by atoms with Crippen LogP contribution in [0.2, 0.25) is 0 Å². The second-order valence-corrected chi connectivity index (χ2v) is 4.35. The molecule has 0 unspecified atom stereocenters. The summed E-state index contributed by atoms with van der Waals surface area (Å²) in [5.74, 6) is -3.16. The third-order valence-electron chi connectivity index (χ3n) is 2.97. The van der Waals surface area contributed by atoms with Gasteiger partial charge in [-0.25, -0.2) is 22.5 Å². The summed E-state index contributed by atoms with van der Waals surface area (Å²) >= 11 is 0. The number of fused-ring (bicyclic) bond motifs is 1. The van der Waals surface area contributed by atoms with Crippen molar-refractivity contribution in [3.05, 3.63) is 65.0 Å². The second-order valence-electron chi connectivity index (χ2n) is 4.35. The highest BCUT2D eigenvalue weighted by Gasteiger charge is 2.13. The Morgan fingerprint density at radius 1 is 0.950 bits per heavy atom. The van der Waals surface area contributed by atoms with Crippen LogP contribution in [0.5, 0.6) is 0 Å². The van der Waals surface area contributed by atoms with Gasteiger partial charge in [0.05, 0.1) is 5.52 Å². The first-order valence-electron chi connectivity index (χ1n) is 5.81. The van der Waals surface area contributed by atoms with Gasteiger partial charge in [0.15, 0.2) is 11.6 Å². The number of halogens is 4. The van der Waals surface area contributed by atoms with E-state index in [9.17, 15) is 17.6 Å². The van der Waals surface area contributed by atoms with Crippen LogP contribution in [0.4, 0.5) is 17.6 Å². The van der Waals surface area contributed by atoms with E-state index in [1.807, 2.05) is 0 Å². The standard InChI is InChI=1S/C14H8F4N2/c15-8-2-1-7(10(17)6-8)5-12-19-11-4-3-9(16)13(18)14(11)20-12/h1-4,6H,5H2,(H,19,20). The zero-order valence-corrected chi connectivity index (χ0v) is 10.1. The molecule has 6 heteroatoms. The molecular weight excluding hydrogens is 272 g/mol. The lowest BCUT2D eigenvalue weighted by Gasteiger charge is -2.00. The van der Waals surface area contributed by atoms with Crippen molar-refractivity contribution in [1.29, 1.82) is 0 Å². The maximum absolute atomic E-state index is 13.5. The van der Waals surface area contributed by atoms with Gasteiger partial charge in [0.1, 0.15) is 23.0 Å². The van der Waals surface area contributed by atoms with Crippen LogP contribution < -0.4 is 0 Å². The molecule has 0 aliphatic carbocycles. The third kappa shape index (κ3) is 2.13. The van der Waals surface area contributed by atoms with Gasteiger partial charge in [0.2, 0.25) is 0 Å². The van der Waals surface area contributed by atoms with Gasteiger partial charge in [-0.1, -0.05) is 6.07 Å². The van der Waals surface area contributed by atoms with E-state index >= 15 is 0 Å². The van der Waals surface area contributed by atoms with Crippen LogP contribution in [-0.4, -0.2) is 9.97 Å². The molecule has 0 aliphatic heterocycles. The average molecular weight is 280 g/mol. The van der Waals surface area contributed by atoms with Crippen LogP contribution in [0.3, 0.4) is 0 Å². The number of H-pyrrole nitrogens is 1. The Morgan fingerprint density at radius 2 is 1.75 bits per heavy atom. The highest BCUT2D eigenvalue weighted by molar-refractivity contribution is 5.75. The SMILES string of the molecule is Fc1ccc(Cc2nc3c(F)c(F)ccc3[nH]2)c(F)c1. The van der Waals surface area contributed by atoms with Crippen LogP contribution >= 0.6 is 0 Å². The van der Waals surface area contributed by atoms with Crippen LogP contribution in [0.1, 0.15) is 11.4 Å². The zero-order valence-electron chi connectivity index (χ0n) is 10.1. The monoisotopic (exact) mass is 280 g/mol. The van der Waals surface area contributed by atoms with Crippen molar-refractivity contribution in [3.63, 3.8) is 0 Å². The van der Waals surface area contributed by atoms with E-state index in [0.717, 1.165) is 18.2 Å². The molecule has 0 bridgehead atoms. The Balaban J connectivity index is 2.01. The lowest BCUT2D eigenvalue weighted by molar-refractivity contribution is 0.515. The van der Waals surface area contributed by atoms with Crippen molar-refractivity contribution in [3.8, 4) is 0 Å². The minimum Gasteiger partial charge on any atom is -0.342 e. The summed E-state index contributed by atoms with van der Waals surface area (Å²) in [6, 6.07) is 5.51. The zero-order chi connectivity index (χ0) is 14.3. The summed E-state index contributed by atoms with van der Waals surface area (Å²) in [5, 5.41) is 0. The average Bonchev–Trinajstić information content (AvgIpc) is 2.81. The largest absolute Gasteiger partial charge is 0.342 e. The van der Waals surface area contributed by atoms with Gasteiger partial charge in [-0.3, -0.25) is 0 Å². The number of aromatic nitrogens is 2. The molecule has 20 heavy (non-hydrogen) atoms. The van der Waals surface area contributed by atoms with E-state index in [1.165, 1.54) is 12.1 Å². The van der Waals surface area contributed by atoms with Gasteiger partial charge in [0.25, 0.3) is 0 Å². The van der Waals surface area contributed by atoms with Crippen molar-refractivity contribution in [2.75, 3.05) is 0 Å². The molecule has 0 saturated heterocycles. The number of rotatable bonds is 2. The second kappa shape index (κ2) is 4.63. The van der Waals surface area contributed by atoms with E-state index in [0.29, 0.717) is 5.52 Å². The van der Waals surface area contributed by atoms with Crippen LogP contribution in [0.15, 0.2) is 30.3 Å². The number of hydrogen-bond acceptors (Lipinski definition) is 1. The Labute approximate surface area is 111 Å². The Bertz CT molecular complexity index is 795. The number of benzene rings is 2. The molecule has 1 N–H and O–H groups in total. The normalized spacial score (nSPS) is 11.2. The lowest BCUT2D eigenvalue weighted by atomic mass is 10.1. The summed E-state index contributed by atoms with van der Waals surface area (Å²) < 4.78 is 52.9. The maximum Gasteiger partial charge on any atom is 0.186 e. The van der Waals surface area contributed by atoms with Gasteiger partial charge in [-0.05, 0) is 23.8 Å². The molecule has 2 nitrogen and oxygen atoms in total. The molecule has 1 aromatic heterocycles. The predicted molar refractivity (Wildman–Crippen MR) is 65.2 cm³/mol. The van der Waals surface area contributed by atoms with Gasteiger partial charge in [0, 0.05) is 12.5 Å². The van der Waals surface area contributed by atoms with Crippen molar-refractivity contribution in [1.82, 2.24) is 9.97 Å². The molecular formula is C14H8F4N2. The molecule has 3 aromatic rings. The number of aromatic amines is 1. The first-order chi connectivity index (χ1) is 9.54. The van der Waals surface area contributed by atoms with E-state index < -0.39 is 23.3 Å². The van der Waals surface area contributed by atoms with Crippen molar-refractivity contribution < 1.29 is 17.6 Å². The quantitative estimate of drug-likeness (QED) is 0.712. The number of hydrogen-bond donors (Lipinski definition) is 1.